The number of anilines is 2. The molecule has 2 aromatic rings. The number of ketones is 1. The van der Waals surface area contributed by atoms with Crippen LogP contribution in [0.5, 0.6) is 0 Å². The molecule has 0 bridgehead atoms. The lowest BCUT2D eigenvalue weighted by Crippen LogP contribution is -2.46. The topological polar surface area (TPSA) is 52.6 Å². The Balaban J connectivity index is 1.52. The molecule has 0 aromatic heterocycles. The highest BCUT2D eigenvalue weighted by molar-refractivity contribution is 6.00. The Hall–Kier alpha value is -2.66. The first-order valence-corrected chi connectivity index (χ1v) is 10.4. The van der Waals surface area contributed by atoms with Crippen LogP contribution in [0, 0.1) is 13.8 Å². The number of nitrogens with zero attached hydrogens (tertiary/aromatic N) is 2. The van der Waals surface area contributed by atoms with E-state index in [-0.39, 0.29) is 24.5 Å². The van der Waals surface area contributed by atoms with Gasteiger partial charge in [-0.25, -0.2) is 0 Å². The molecule has 5 nitrogen and oxygen atoms in total. The molecular formula is C24H31N3O2. The summed E-state index contributed by atoms with van der Waals surface area (Å²) < 4.78 is 0. The van der Waals surface area contributed by atoms with Gasteiger partial charge in [-0.05, 0) is 44.2 Å². The zero-order chi connectivity index (χ0) is 20.8. The number of amides is 1. The van der Waals surface area contributed by atoms with Gasteiger partial charge in [0.2, 0.25) is 5.91 Å². The summed E-state index contributed by atoms with van der Waals surface area (Å²) in [5.41, 5.74) is 4.83. The van der Waals surface area contributed by atoms with E-state index in [1.807, 2.05) is 44.2 Å². The average molecular weight is 394 g/mol. The van der Waals surface area contributed by atoms with E-state index >= 15 is 0 Å². The van der Waals surface area contributed by atoms with Crippen LogP contribution in [0.3, 0.4) is 0 Å². The Morgan fingerprint density at radius 2 is 1.62 bits per heavy atom. The number of piperazine rings is 1. The van der Waals surface area contributed by atoms with Crippen molar-refractivity contribution in [3.63, 3.8) is 0 Å². The molecule has 0 aliphatic carbocycles. The van der Waals surface area contributed by atoms with Gasteiger partial charge in [-0.15, -0.1) is 0 Å². The van der Waals surface area contributed by atoms with Crippen molar-refractivity contribution in [1.29, 1.82) is 0 Å². The highest BCUT2D eigenvalue weighted by atomic mass is 16.2. The fraction of sp³-hybridized carbons (Fsp3) is 0.417. The molecule has 1 heterocycles. The Labute approximate surface area is 173 Å². The summed E-state index contributed by atoms with van der Waals surface area (Å²) in [4.78, 5) is 29.4. The van der Waals surface area contributed by atoms with Crippen molar-refractivity contribution in [2.24, 2.45) is 0 Å². The van der Waals surface area contributed by atoms with Crippen LogP contribution in [0.25, 0.3) is 0 Å². The van der Waals surface area contributed by atoms with Crippen molar-refractivity contribution in [3.8, 4) is 0 Å². The molecule has 1 aliphatic rings. The van der Waals surface area contributed by atoms with Gasteiger partial charge in [0.15, 0.2) is 5.78 Å². The lowest BCUT2D eigenvalue weighted by molar-refractivity contribution is -0.116. The molecule has 29 heavy (non-hydrogen) atoms. The lowest BCUT2D eigenvalue weighted by Gasteiger charge is -2.35. The van der Waals surface area contributed by atoms with E-state index in [4.69, 9.17) is 0 Å². The Bertz CT molecular complexity index is 853. The standard InChI is InChI=1S/C24H31N3O2/c1-4-26-13-15-27(16-14-26)21-9-10-22(19(3)17-21)25-24(29)12-11-23(28)20-7-5-18(2)6-8-20/h5-10,17H,4,11-16H2,1-3H3,(H,25,29). The summed E-state index contributed by atoms with van der Waals surface area (Å²) in [6.07, 6.45) is 0.403. The summed E-state index contributed by atoms with van der Waals surface area (Å²) in [7, 11) is 0. The number of hydrogen-bond acceptors (Lipinski definition) is 4. The molecule has 0 spiro atoms. The third-order valence-corrected chi connectivity index (χ3v) is 5.62. The zero-order valence-corrected chi connectivity index (χ0v) is 17.7. The molecule has 1 saturated heterocycles. The summed E-state index contributed by atoms with van der Waals surface area (Å²) in [5.74, 6) is -0.128. The van der Waals surface area contributed by atoms with E-state index in [1.54, 1.807) is 0 Å². The summed E-state index contributed by atoms with van der Waals surface area (Å²) in [6, 6.07) is 13.6. The second-order valence-corrected chi connectivity index (χ2v) is 7.76. The largest absolute Gasteiger partial charge is 0.369 e. The number of carbonyl (C=O) groups is 2. The van der Waals surface area contributed by atoms with Crippen LogP contribution in [0.4, 0.5) is 11.4 Å². The fourth-order valence-electron chi connectivity index (χ4n) is 3.63. The number of Topliss-reactive ketones (excluding diaryl/α,β-unsaturated/α-hetero) is 1. The van der Waals surface area contributed by atoms with E-state index in [0.29, 0.717) is 5.56 Å². The van der Waals surface area contributed by atoms with Gasteiger partial charge in [-0.1, -0.05) is 36.8 Å². The monoisotopic (exact) mass is 393 g/mol. The SMILES string of the molecule is CCN1CCN(c2ccc(NC(=O)CCC(=O)c3ccc(C)cc3)c(C)c2)CC1. The fourth-order valence-corrected chi connectivity index (χ4v) is 3.63. The van der Waals surface area contributed by atoms with Gasteiger partial charge in [-0.2, -0.15) is 0 Å². The molecule has 0 radical (unpaired) electrons. The number of hydrogen-bond donors (Lipinski definition) is 1. The van der Waals surface area contributed by atoms with E-state index < -0.39 is 0 Å². The zero-order valence-electron chi connectivity index (χ0n) is 17.7. The van der Waals surface area contributed by atoms with E-state index in [2.05, 4.69) is 34.2 Å². The second-order valence-electron chi connectivity index (χ2n) is 7.76. The molecule has 0 unspecified atom stereocenters. The van der Waals surface area contributed by atoms with Gasteiger partial charge in [-0.3, -0.25) is 9.59 Å². The highest BCUT2D eigenvalue weighted by Crippen LogP contribution is 2.24. The molecule has 0 saturated carbocycles. The van der Waals surface area contributed by atoms with Gasteiger partial charge < -0.3 is 15.1 Å². The quantitative estimate of drug-likeness (QED) is 0.721. The van der Waals surface area contributed by atoms with Gasteiger partial charge in [0.05, 0.1) is 0 Å². The van der Waals surface area contributed by atoms with Crippen molar-refractivity contribution in [2.45, 2.75) is 33.6 Å². The molecule has 1 fully saturated rings. The normalized spacial score (nSPS) is 14.7. The number of rotatable bonds is 7. The average Bonchev–Trinajstić information content (AvgIpc) is 2.74. The first-order chi connectivity index (χ1) is 14.0. The molecule has 1 N–H and O–H groups in total. The highest BCUT2D eigenvalue weighted by Gasteiger charge is 2.17. The number of nitrogens with one attached hydrogen (secondary N) is 1. The minimum Gasteiger partial charge on any atom is -0.369 e. The van der Waals surface area contributed by atoms with E-state index in [9.17, 15) is 9.59 Å². The first-order valence-electron chi connectivity index (χ1n) is 10.4. The predicted molar refractivity (Wildman–Crippen MR) is 119 cm³/mol. The van der Waals surface area contributed by atoms with Gasteiger partial charge in [0, 0.05) is 56.0 Å². The smallest absolute Gasteiger partial charge is 0.224 e. The maximum atomic E-state index is 12.3. The molecule has 5 heteroatoms. The maximum Gasteiger partial charge on any atom is 0.224 e. The Morgan fingerprint density at radius 1 is 0.931 bits per heavy atom. The van der Waals surface area contributed by atoms with Gasteiger partial charge in [0.1, 0.15) is 0 Å². The predicted octanol–water partition coefficient (Wildman–Crippen LogP) is 4.05. The lowest BCUT2D eigenvalue weighted by atomic mass is 10.0. The third-order valence-electron chi connectivity index (χ3n) is 5.62. The molecule has 0 atom stereocenters. The summed E-state index contributed by atoms with van der Waals surface area (Å²) in [5, 5.41) is 2.95. The molecule has 154 valence electrons. The van der Waals surface area contributed by atoms with Gasteiger partial charge >= 0.3 is 0 Å². The summed E-state index contributed by atoms with van der Waals surface area (Å²) >= 11 is 0. The van der Waals surface area contributed by atoms with Crippen molar-refractivity contribution in [1.82, 2.24) is 4.90 Å². The van der Waals surface area contributed by atoms with E-state index in [1.165, 1.54) is 5.69 Å². The molecular weight excluding hydrogens is 362 g/mol. The number of benzene rings is 2. The van der Waals surface area contributed by atoms with Crippen LogP contribution in [0.2, 0.25) is 0 Å². The van der Waals surface area contributed by atoms with Crippen LogP contribution in [0.15, 0.2) is 42.5 Å². The van der Waals surface area contributed by atoms with Gasteiger partial charge in [0.25, 0.3) is 0 Å². The number of carbonyl (C=O) groups excluding carboxylic acids is 2. The minimum absolute atomic E-state index is 0.00144. The summed E-state index contributed by atoms with van der Waals surface area (Å²) in [6.45, 7) is 11.5. The van der Waals surface area contributed by atoms with Crippen LogP contribution in [0.1, 0.15) is 41.3 Å². The first kappa shape index (κ1) is 21.1. The number of aryl methyl sites for hydroxylation is 2. The molecule has 1 amide bonds. The van der Waals surface area contributed by atoms with Crippen molar-refractivity contribution in [3.05, 3.63) is 59.2 Å². The van der Waals surface area contributed by atoms with Crippen LogP contribution in [-0.4, -0.2) is 49.3 Å². The second kappa shape index (κ2) is 9.70. The third kappa shape index (κ3) is 5.67. The maximum absolute atomic E-state index is 12.3. The van der Waals surface area contributed by atoms with Crippen LogP contribution in [-0.2, 0) is 4.79 Å². The number of likely N-dealkylation sites (N-methyl/N-ethyl adjacent to an activating group) is 1. The van der Waals surface area contributed by atoms with Crippen LogP contribution >= 0.6 is 0 Å². The van der Waals surface area contributed by atoms with E-state index in [0.717, 1.165) is 49.5 Å². The Kier molecular flexibility index (Phi) is 7.04. The van der Waals surface area contributed by atoms with Crippen molar-refractivity contribution >= 4 is 23.1 Å². The van der Waals surface area contributed by atoms with Crippen molar-refractivity contribution in [2.75, 3.05) is 42.9 Å². The molecule has 3 rings (SSSR count). The minimum atomic E-state index is -0.127. The molecule has 1 aliphatic heterocycles. The van der Waals surface area contributed by atoms with Crippen molar-refractivity contribution < 1.29 is 9.59 Å². The Morgan fingerprint density at radius 3 is 2.24 bits per heavy atom. The van der Waals surface area contributed by atoms with Crippen LogP contribution < -0.4 is 10.2 Å². The molecule has 2 aromatic carbocycles.